The number of rotatable bonds is 1. The van der Waals surface area contributed by atoms with E-state index in [2.05, 4.69) is 11.6 Å². The highest BCUT2D eigenvalue weighted by atomic mass is 16.3. The Hall–Kier alpha value is -2.09. The molecule has 0 saturated heterocycles. The first-order valence-electron chi connectivity index (χ1n) is 4.67. The van der Waals surface area contributed by atoms with E-state index in [1.165, 1.54) is 0 Å². The summed E-state index contributed by atoms with van der Waals surface area (Å²) in [6.07, 6.45) is 7.66. The standard InChI is InChI=1S/C13H11NO/c1-10-2-4-11(5-3-10)14-12-6-8-13(15)9-7-12/h2-9,15H,1H2. The summed E-state index contributed by atoms with van der Waals surface area (Å²) >= 11 is 0. The zero-order chi connectivity index (χ0) is 10.7. The number of hydrogen-bond donors (Lipinski definition) is 1. The van der Waals surface area contributed by atoms with E-state index in [0.717, 1.165) is 17.0 Å². The largest absolute Gasteiger partial charge is 0.508 e. The molecule has 2 heteroatoms. The molecular formula is C13H11NO. The van der Waals surface area contributed by atoms with E-state index >= 15 is 0 Å². The van der Waals surface area contributed by atoms with E-state index in [0.29, 0.717) is 0 Å². The van der Waals surface area contributed by atoms with Gasteiger partial charge in [0, 0.05) is 0 Å². The maximum atomic E-state index is 9.11. The highest BCUT2D eigenvalue weighted by molar-refractivity contribution is 6.07. The molecule has 15 heavy (non-hydrogen) atoms. The summed E-state index contributed by atoms with van der Waals surface area (Å²) in [6, 6.07) is 6.78. The molecule has 1 aliphatic carbocycles. The molecule has 0 saturated carbocycles. The van der Waals surface area contributed by atoms with Crippen molar-refractivity contribution in [1.29, 1.82) is 0 Å². The number of hydrogen-bond acceptors (Lipinski definition) is 2. The van der Waals surface area contributed by atoms with Crippen LogP contribution in [0.5, 0.6) is 5.75 Å². The fraction of sp³-hybridized carbons (Fsp3) is 0. The highest BCUT2D eigenvalue weighted by Crippen LogP contribution is 2.18. The topological polar surface area (TPSA) is 32.6 Å². The maximum Gasteiger partial charge on any atom is 0.115 e. The van der Waals surface area contributed by atoms with Gasteiger partial charge < -0.3 is 5.11 Å². The third kappa shape index (κ3) is 2.44. The average molecular weight is 197 g/mol. The summed E-state index contributed by atoms with van der Waals surface area (Å²) < 4.78 is 0. The van der Waals surface area contributed by atoms with Crippen molar-refractivity contribution in [2.45, 2.75) is 0 Å². The molecule has 0 spiro atoms. The van der Waals surface area contributed by atoms with E-state index < -0.39 is 0 Å². The molecule has 1 aliphatic rings. The van der Waals surface area contributed by atoms with E-state index in [1.54, 1.807) is 24.3 Å². The predicted molar refractivity (Wildman–Crippen MR) is 62.6 cm³/mol. The minimum atomic E-state index is 0.252. The number of aromatic hydroxyl groups is 1. The van der Waals surface area contributed by atoms with Gasteiger partial charge in [0.25, 0.3) is 0 Å². The van der Waals surface area contributed by atoms with Gasteiger partial charge in [0.15, 0.2) is 0 Å². The molecule has 0 aromatic heterocycles. The summed E-state index contributed by atoms with van der Waals surface area (Å²) in [7, 11) is 0. The monoisotopic (exact) mass is 197 g/mol. The van der Waals surface area contributed by atoms with Crippen LogP contribution in [0.1, 0.15) is 0 Å². The van der Waals surface area contributed by atoms with Crippen molar-refractivity contribution in [3.8, 4) is 5.75 Å². The van der Waals surface area contributed by atoms with Gasteiger partial charge in [-0.15, -0.1) is 0 Å². The minimum absolute atomic E-state index is 0.252. The lowest BCUT2D eigenvalue weighted by Gasteiger charge is -2.01. The van der Waals surface area contributed by atoms with Crippen LogP contribution in [0.2, 0.25) is 0 Å². The Labute approximate surface area is 88.6 Å². The van der Waals surface area contributed by atoms with Crippen LogP contribution in [-0.4, -0.2) is 10.8 Å². The normalized spacial score (nSPS) is 14.4. The van der Waals surface area contributed by atoms with Crippen LogP contribution in [0.15, 0.2) is 65.7 Å². The lowest BCUT2D eigenvalue weighted by atomic mass is 10.1. The highest BCUT2D eigenvalue weighted by Gasteiger charge is 1.96. The summed E-state index contributed by atoms with van der Waals surface area (Å²) in [4.78, 5) is 4.38. The first kappa shape index (κ1) is 9.46. The average Bonchev–Trinajstić information content (AvgIpc) is 2.25. The smallest absolute Gasteiger partial charge is 0.115 e. The third-order valence-electron chi connectivity index (χ3n) is 2.04. The van der Waals surface area contributed by atoms with Gasteiger partial charge in [-0.2, -0.15) is 0 Å². The van der Waals surface area contributed by atoms with Gasteiger partial charge in [0.05, 0.1) is 11.4 Å². The lowest BCUT2D eigenvalue weighted by Crippen LogP contribution is -1.91. The summed E-state index contributed by atoms with van der Waals surface area (Å²) in [5.74, 6) is 0.252. The second-order valence-electron chi connectivity index (χ2n) is 3.29. The molecule has 0 amide bonds. The van der Waals surface area contributed by atoms with Crippen LogP contribution in [0, 0.1) is 0 Å². The minimum Gasteiger partial charge on any atom is -0.508 e. The van der Waals surface area contributed by atoms with Crippen molar-refractivity contribution in [3.05, 3.63) is 60.7 Å². The molecular weight excluding hydrogens is 186 g/mol. The van der Waals surface area contributed by atoms with Crippen molar-refractivity contribution in [2.24, 2.45) is 4.99 Å². The number of nitrogens with zero attached hydrogens (tertiary/aromatic N) is 1. The summed E-state index contributed by atoms with van der Waals surface area (Å²) in [6.45, 7) is 3.81. The lowest BCUT2D eigenvalue weighted by molar-refractivity contribution is 0.475. The van der Waals surface area contributed by atoms with Crippen molar-refractivity contribution in [2.75, 3.05) is 0 Å². The van der Waals surface area contributed by atoms with Gasteiger partial charge in [0.2, 0.25) is 0 Å². The molecule has 0 unspecified atom stereocenters. The van der Waals surface area contributed by atoms with Crippen LogP contribution in [0.25, 0.3) is 0 Å². The molecule has 2 nitrogen and oxygen atoms in total. The van der Waals surface area contributed by atoms with Gasteiger partial charge in [0.1, 0.15) is 5.75 Å². The Balaban J connectivity index is 2.24. The van der Waals surface area contributed by atoms with Gasteiger partial charge in [-0.1, -0.05) is 18.7 Å². The van der Waals surface area contributed by atoms with Crippen LogP contribution >= 0.6 is 0 Å². The molecule has 74 valence electrons. The zero-order valence-electron chi connectivity index (χ0n) is 8.22. The Kier molecular flexibility index (Phi) is 2.50. The Morgan fingerprint density at radius 3 is 2.13 bits per heavy atom. The molecule has 2 rings (SSSR count). The Morgan fingerprint density at radius 1 is 0.933 bits per heavy atom. The van der Waals surface area contributed by atoms with Crippen molar-refractivity contribution in [1.82, 2.24) is 0 Å². The predicted octanol–water partition coefficient (Wildman–Crippen LogP) is 3.15. The van der Waals surface area contributed by atoms with Gasteiger partial charge in [-0.05, 0) is 42.0 Å². The van der Waals surface area contributed by atoms with Gasteiger partial charge in [-0.25, -0.2) is 4.99 Å². The van der Waals surface area contributed by atoms with E-state index in [1.807, 2.05) is 24.3 Å². The maximum absolute atomic E-state index is 9.11. The van der Waals surface area contributed by atoms with Gasteiger partial charge >= 0.3 is 0 Å². The second-order valence-corrected chi connectivity index (χ2v) is 3.29. The molecule has 0 radical (unpaired) electrons. The molecule has 1 aromatic carbocycles. The number of aliphatic imine (C=N–C) groups is 1. The fourth-order valence-electron chi connectivity index (χ4n) is 1.25. The zero-order valence-corrected chi connectivity index (χ0v) is 8.22. The Morgan fingerprint density at radius 2 is 1.53 bits per heavy atom. The SMILES string of the molecule is C=C1C=CC(=Nc2ccc(O)cc2)C=C1. The van der Waals surface area contributed by atoms with Crippen molar-refractivity contribution < 1.29 is 5.11 Å². The molecule has 0 atom stereocenters. The molecule has 0 fully saturated rings. The van der Waals surface area contributed by atoms with Crippen LogP contribution in [0.3, 0.4) is 0 Å². The first-order chi connectivity index (χ1) is 7.24. The first-order valence-corrected chi connectivity index (χ1v) is 4.67. The number of phenols is 1. The quantitative estimate of drug-likeness (QED) is 0.737. The van der Waals surface area contributed by atoms with E-state index in [4.69, 9.17) is 5.11 Å². The molecule has 0 bridgehead atoms. The molecule has 0 aliphatic heterocycles. The molecule has 1 aromatic rings. The number of phenolic OH excluding ortho intramolecular Hbond substituents is 1. The van der Waals surface area contributed by atoms with Crippen LogP contribution in [-0.2, 0) is 0 Å². The van der Waals surface area contributed by atoms with Crippen molar-refractivity contribution in [3.63, 3.8) is 0 Å². The molecule has 0 heterocycles. The third-order valence-corrected chi connectivity index (χ3v) is 2.04. The fourth-order valence-corrected chi connectivity index (χ4v) is 1.25. The van der Waals surface area contributed by atoms with Gasteiger partial charge in [-0.3, -0.25) is 0 Å². The summed E-state index contributed by atoms with van der Waals surface area (Å²) in [5, 5.41) is 9.11. The van der Waals surface area contributed by atoms with E-state index in [-0.39, 0.29) is 5.75 Å². The molecule has 1 N–H and O–H groups in total. The number of allylic oxidation sites excluding steroid dienone is 5. The van der Waals surface area contributed by atoms with Crippen LogP contribution < -0.4 is 0 Å². The number of benzene rings is 1. The second kappa shape index (κ2) is 3.96. The Bertz CT molecular complexity index is 446. The summed E-state index contributed by atoms with van der Waals surface area (Å²) in [5.41, 5.74) is 2.68. The van der Waals surface area contributed by atoms with Crippen molar-refractivity contribution >= 4 is 11.4 Å². The van der Waals surface area contributed by atoms with E-state index in [9.17, 15) is 0 Å². The van der Waals surface area contributed by atoms with Crippen LogP contribution in [0.4, 0.5) is 5.69 Å².